The minimum atomic E-state index is 0.0535. The second kappa shape index (κ2) is 4.86. The highest BCUT2D eigenvalue weighted by atomic mass is 16.3. The van der Waals surface area contributed by atoms with Gasteiger partial charge in [0.2, 0.25) is 5.82 Å². The van der Waals surface area contributed by atoms with Gasteiger partial charge in [-0.1, -0.05) is 42.5 Å². The van der Waals surface area contributed by atoms with Crippen LogP contribution in [0.25, 0.3) is 10.8 Å². The SMILES string of the molecule is Oc1c(N=Nc2ccccc2)ncc2ccccc12. The van der Waals surface area contributed by atoms with Gasteiger partial charge in [-0.15, -0.1) is 10.2 Å². The Morgan fingerprint density at radius 1 is 0.842 bits per heavy atom. The number of azo groups is 1. The van der Waals surface area contributed by atoms with Gasteiger partial charge in [0.1, 0.15) is 0 Å². The molecule has 2 aromatic carbocycles. The van der Waals surface area contributed by atoms with E-state index in [1.807, 2.05) is 54.6 Å². The van der Waals surface area contributed by atoms with E-state index in [-0.39, 0.29) is 11.6 Å². The van der Waals surface area contributed by atoms with Gasteiger partial charge in [0, 0.05) is 17.0 Å². The fourth-order valence-corrected chi connectivity index (χ4v) is 1.81. The molecule has 92 valence electrons. The first-order chi connectivity index (χ1) is 9.34. The van der Waals surface area contributed by atoms with E-state index in [1.165, 1.54) is 0 Å². The molecule has 0 aliphatic rings. The van der Waals surface area contributed by atoms with Gasteiger partial charge in [-0.3, -0.25) is 0 Å². The molecule has 0 unspecified atom stereocenters. The summed E-state index contributed by atoms with van der Waals surface area (Å²) in [5, 5.41) is 19.7. The number of nitrogens with zero attached hydrogens (tertiary/aromatic N) is 3. The van der Waals surface area contributed by atoms with E-state index in [9.17, 15) is 5.11 Å². The third-order valence-electron chi connectivity index (χ3n) is 2.77. The molecule has 0 saturated heterocycles. The highest BCUT2D eigenvalue weighted by Crippen LogP contribution is 2.32. The summed E-state index contributed by atoms with van der Waals surface area (Å²) in [6.45, 7) is 0. The van der Waals surface area contributed by atoms with E-state index in [2.05, 4.69) is 15.2 Å². The fraction of sp³-hybridized carbons (Fsp3) is 0. The largest absolute Gasteiger partial charge is 0.504 e. The molecule has 4 nitrogen and oxygen atoms in total. The second-order valence-corrected chi connectivity index (χ2v) is 4.05. The van der Waals surface area contributed by atoms with E-state index in [4.69, 9.17) is 0 Å². The van der Waals surface area contributed by atoms with Gasteiger partial charge in [0.15, 0.2) is 5.75 Å². The zero-order valence-corrected chi connectivity index (χ0v) is 10.1. The molecule has 0 aliphatic heterocycles. The van der Waals surface area contributed by atoms with Crippen LogP contribution in [0, 0.1) is 0 Å². The predicted octanol–water partition coefficient (Wildman–Crippen LogP) is 4.36. The van der Waals surface area contributed by atoms with E-state index in [0.29, 0.717) is 0 Å². The number of hydrogen-bond donors (Lipinski definition) is 1. The molecular formula is C15H11N3O. The maximum atomic E-state index is 10.1. The molecule has 1 aromatic heterocycles. The first kappa shape index (κ1) is 11.3. The van der Waals surface area contributed by atoms with Crippen LogP contribution in [0.1, 0.15) is 0 Å². The second-order valence-electron chi connectivity index (χ2n) is 4.05. The molecule has 3 aromatic rings. The van der Waals surface area contributed by atoms with E-state index < -0.39 is 0 Å². The number of aromatic hydroxyl groups is 1. The zero-order valence-electron chi connectivity index (χ0n) is 10.1. The third-order valence-corrected chi connectivity index (χ3v) is 2.77. The molecule has 0 aliphatic carbocycles. The minimum Gasteiger partial charge on any atom is -0.504 e. The van der Waals surface area contributed by atoms with Crippen LogP contribution in [0.3, 0.4) is 0 Å². The van der Waals surface area contributed by atoms with E-state index in [1.54, 1.807) is 6.20 Å². The van der Waals surface area contributed by atoms with Crippen molar-refractivity contribution in [2.24, 2.45) is 10.2 Å². The molecule has 0 saturated carbocycles. The van der Waals surface area contributed by atoms with Gasteiger partial charge < -0.3 is 5.11 Å². The van der Waals surface area contributed by atoms with Crippen LogP contribution < -0.4 is 0 Å². The number of fused-ring (bicyclic) bond motifs is 1. The lowest BCUT2D eigenvalue weighted by atomic mass is 10.1. The molecule has 0 bridgehead atoms. The maximum absolute atomic E-state index is 10.1. The normalized spacial score (nSPS) is 11.2. The van der Waals surface area contributed by atoms with Gasteiger partial charge in [-0.2, -0.15) is 0 Å². The standard InChI is InChI=1S/C15H11N3O/c19-14-13-9-5-4-6-11(13)10-16-15(14)18-17-12-7-2-1-3-8-12/h1-10,19H. The van der Waals surface area contributed by atoms with E-state index in [0.717, 1.165) is 16.5 Å². The van der Waals surface area contributed by atoms with E-state index >= 15 is 0 Å². The Labute approximate surface area is 110 Å². The van der Waals surface area contributed by atoms with Gasteiger partial charge in [0.05, 0.1) is 5.69 Å². The summed E-state index contributed by atoms with van der Waals surface area (Å²) in [6.07, 6.45) is 1.67. The Hall–Kier alpha value is -2.75. The minimum absolute atomic E-state index is 0.0535. The highest BCUT2D eigenvalue weighted by Gasteiger charge is 2.06. The van der Waals surface area contributed by atoms with Crippen molar-refractivity contribution in [3.05, 3.63) is 60.8 Å². The smallest absolute Gasteiger partial charge is 0.217 e. The van der Waals surface area contributed by atoms with Crippen LogP contribution in [0.5, 0.6) is 5.75 Å². The van der Waals surface area contributed by atoms with Crippen molar-refractivity contribution < 1.29 is 5.11 Å². The van der Waals surface area contributed by atoms with Crippen molar-refractivity contribution in [3.63, 3.8) is 0 Å². The molecule has 0 amide bonds. The Kier molecular flexibility index (Phi) is 2.90. The number of aromatic nitrogens is 1. The zero-order chi connectivity index (χ0) is 13.1. The average Bonchev–Trinajstić information content (AvgIpc) is 2.48. The summed E-state index contributed by atoms with van der Waals surface area (Å²) in [6, 6.07) is 16.8. The lowest BCUT2D eigenvalue weighted by Crippen LogP contribution is -1.79. The molecule has 4 heteroatoms. The quantitative estimate of drug-likeness (QED) is 0.686. The van der Waals surface area contributed by atoms with Crippen LogP contribution in [0.4, 0.5) is 11.5 Å². The molecule has 1 heterocycles. The topological polar surface area (TPSA) is 57.8 Å². The Morgan fingerprint density at radius 2 is 1.58 bits per heavy atom. The molecule has 0 fully saturated rings. The summed E-state index contributed by atoms with van der Waals surface area (Å²) < 4.78 is 0. The summed E-state index contributed by atoms with van der Waals surface area (Å²) in [5.41, 5.74) is 0.719. The van der Waals surface area contributed by atoms with Gasteiger partial charge >= 0.3 is 0 Å². The van der Waals surface area contributed by atoms with Crippen molar-refractivity contribution >= 4 is 22.3 Å². The fourth-order valence-electron chi connectivity index (χ4n) is 1.81. The molecule has 3 rings (SSSR count). The van der Waals surface area contributed by atoms with Crippen LogP contribution in [-0.4, -0.2) is 10.1 Å². The highest BCUT2D eigenvalue weighted by molar-refractivity contribution is 5.90. The van der Waals surface area contributed by atoms with Crippen LogP contribution in [0.2, 0.25) is 0 Å². The molecular weight excluding hydrogens is 238 g/mol. The van der Waals surface area contributed by atoms with Crippen molar-refractivity contribution in [1.82, 2.24) is 4.98 Å². The number of benzene rings is 2. The van der Waals surface area contributed by atoms with Gasteiger partial charge in [0.25, 0.3) is 0 Å². The molecule has 19 heavy (non-hydrogen) atoms. The summed E-state index contributed by atoms with van der Waals surface area (Å²) in [4.78, 5) is 4.11. The van der Waals surface area contributed by atoms with Crippen molar-refractivity contribution in [2.45, 2.75) is 0 Å². The number of pyridine rings is 1. The summed E-state index contributed by atoms with van der Waals surface area (Å²) >= 11 is 0. The Bertz CT molecular complexity index is 739. The van der Waals surface area contributed by atoms with Crippen LogP contribution in [-0.2, 0) is 0 Å². The molecule has 0 radical (unpaired) electrons. The number of hydrogen-bond acceptors (Lipinski definition) is 4. The van der Waals surface area contributed by atoms with Gasteiger partial charge in [-0.25, -0.2) is 4.98 Å². The number of rotatable bonds is 2. The summed E-state index contributed by atoms with van der Waals surface area (Å²) in [7, 11) is 0. The van der Waals surface area contributed by atoms with Gasteiger partial charge in [-0.05, 0) is 12.1 Å². The average molecular weight is 249 g/mol. The Morgan fingerprint density at radius 3 is 2.42 bits per heavy atom. The lowest BCUT2D eigenvalue weighted by molar-refractivity contribution is 0.480. The summed E-state index contributed by atoms with van der Waals surface area (Å²) in [5.74, 6) is 0.278. The van der Waals surface area contributed by atoms with Crippen LogP contribution >= 0.6 is 0 Å². The lowest BCUT2D eigenvalue weighted by Gasteiger charge is -2.01. The third kappa shape index (κ3) is 2.28. The monoisotopic (exact) mass is 249 g/mol. The molecule has 0 atom stereocenters. The van der Waals surface area contributed by atoms with Crippen molar-refractivity contribution in [2.75, 3.05) is 0 Å². The maximum Gasteiger partial charge on any atom is 0.217 e. The van der Waals surface area contributed by atoms with Crippen LogP contribution in [0.15, 0.2) is 71.0 Å². The predicted molar refractivity (Wildman–Crippen MR) is 74.0 cm³/mol. The molecule has 0 spiro atoms. The Balaban J connectivity index is 2.02. The first-order valence-electron chi connectivity index (χ1n) is 5.88. The van der Waals surface area contributed by atoms with Crippen molar-refractivity contribution in [3.8, 4) is 5.75 Å². The van der Waals surface area contributed by atoms with Crippen molar-refractivity contribution in [1.29, 1.82) is 0 Å². The molecule has 1 N–H and O–H groups in total. The first-order valence-corrected chi connectivity index (χ1v) is 5.88.